The van der Waals surface area contributed by atoms with Gasteiger partial charge >= 0.3 is 39.5 Å². The fourth-order valence-electron chi connectivity index (χ4n) is 10.6. The van der Waals surface area contributed by atoms with Gasteiger partial charge in [-0.2, -0.15) is 0 Å². The first-order valence-corrected chi connectivity index (χ1v) is 39.5. The fraction of sp³-hybridized carbons (Fsp3) is 0.943. The van der Waals surface area contributed by atoms with Gasteiger partial charge in [0.05, 0.1) is 26.4 Å². The lowest BCUT2D eigenvalue weighted by Gasteiger charge is -2.21. The molecule has 0 aliphatic heterocycles. The third-order valence-corrected chi connectivity index (χ3v) is 18.1. The first-order chi connectivity index (χ1) is 42.9. The molecule has 17 nitrogen and oxygen atoms in total. The first kappa shape index (κ1) is 87.1. The second-order valence-corrected chi connectivity index (χ2v) is 29.1. The topological polar surface area (TPSA) is 237 Å². The van der Waals surface area contributed by atoms with Gasteiger partial charge in [-0.15, -0.1) is 0 Å². The van der Waals surface area contributed by atoms with Gasteiger partial charge in [-0.05, 0) is 37.5 Å². The van der Waals surface area contributed by atoms with Gasteiger partial charge in [0.15, 0.2) is 12.2 Å². The highest BCUT2D eigenvalue weighted by molar-refractivity contribution is 7.47. The van der Waals surface area contributed by atoms with Crippen molar-refractivity contribution in [2.45, 2.75) is 374 Å². The minimum Gasteiger partial charge on any atom is -0.462 e. The van der Waals surface area contributed by atoms with E-state index in [-0.39, 0.29) is 25.7 Å². The number of aliphatic hydroxyl groups is 1. The predicted octanol–water partition coefficient (Wildman–Crippen LogP) is 20.0. The van der Waals surface area contributed by atoms with Crippen molar-refractivity contribution in [3.63, 3.8) is 0 Å². The van der Waals surface area contributed by atoms with Crippen LogP contribution in [0.5, 0.6) is 0 Å². The quantitative estimate of drug-likeness (QED) is 0.0222. The summed E-state index contributed by atoms with van der Waals surface area (Å²) in [5.74, 6) is -0.522. The molecule has 0 aromatic carbocycles. The van der Waals surface area contributed by atoms with Crippen molar-refractivity contribution in [1.29, 1.82) is 0 Å². The summed E-state index contributed by atoms with van der Waals surface area (Å²) >= 11 is 0. The van der Waals surface area contributed by atoms with Gasteiger partial charge in [0.25, 0.3) is 0 Å². The van der Waals surface area contributed by atoms with Crippen molar-refractivity contribution in [3.05, 3.63) is 0 Å². The van der Waals surface area contributed by atoms with Gasteiger partial charge in [0.2, 0.25) is 0 Å². The second kappa shape index (κ2) is 62.2. The fourth-order valence-corrected chi connectivity index (χ4v) is 12.2. The molecule has 5 atom stereocenters. The molecule has 0 bridgehead atoms. The highest BCUT2D eigenvalue weighted by Crippen LogP contribution is 2.45. The molecule has 0 aromatic heterocycles. The summed E-state index contributed by atoms with van der Waals surface area (Å²) in [6, 6.07) is 0. The molecule has 0 amide bonds. The molecular weight excluding hydrogens is 1170 g/mol. The summed E-state index contributed by atoms with van der Waals surface area (Å²) in [6.07, 6.45) is 48.2. The number of esters is 4. The summed E-state index contributed by atoms with van der Waals surface area (Å²) in [5, 5.41) is 10.5. The van der Waals surface area contributed by atoms with Crippen molar-refractivity contribution in [2.75, 3.05) is 39.6 Å². The molecule has 0 radical (unpaired) electrons. The maximum Gasteiger partial charge on any atom is 0.472 e. The monoisotopic (exact) mass is 1310 g/mol. The van der Waals surface area contributed by atoms with E-state index in [0.29, 0.717) is 25.7 Å². The van der Waals surface area contributed by atoms with Crippen LogP contribution in [0, 0.1) is 11.8 Å². The number of rotatable bonds is 69. The van der Waals surface area contributed by atoms with E-state index in [1.54, 1.807) is 0 Å². The van der Waals surface area contributed by atoms with Crippen molar-refractivity contribution >= 4 is 39.5 Å². The van der Waals surface area contributed by atoms with E-state index in [2.05, 4.69) is 41.5 Å². The van der Waals surface area contributed by atoms with E-state index in [0.717, 1.165) is 108 Å². The van der Waals surface area contributed by atoms with Gasteiger partial charge in [-0.1, -0.05) is 305 Å². The van der Waals surface area contributed by atoms with E-state index >= 15 is 0 Å². The lowest BCUT2D eigenvalue weighted by molar-refractivity contribution is -0.161. The maximum absolute atomic E-state index is 13.0. The molecule has 0 aliphatic carbocycles. The van der Waals surface area contributed by atoms with Gasteiger partial charge in [0.1, 0.15) is 19.3 Å². The largest absolute Gasteiger partial charge is 0.472 e. The number of phosphoric acid groups is 2. The minimum atomic E-state index is -4.95. The summed E-state index contributed by atoms with van der Waals surface area (Å²) in [6.45, 7) is 9.42. The van der Waals surface area contributed by atoms with Crippen LogP contribution in [0.2, 0.25) is 0 Å². The summed E-state index contributed by atoms with van der Waals surface area (Å²) in [5.41, 5.74) is 0. The van der Waals surface area contributed by atoms with Crippen LogP contribution in [-0.2, 0) is 65.4 Å². The zero-order valence-electron chi connectivity index (χ0n) is 57.7. The Morgan fingerprint density at radius 3 is 0.764 bits per heavy atom. The number of carbonyl (C=O) groups is 4. The van der Waals surface area contributed by atoms with Crippen molar-refractivity contribution in [1.82, 2.24) is 0 Å². The van der Waals surface area contributed by atoms with Crippen LogP contribution in [-0.4, -0.2) is 96.7 Å². The predicted molar refractivity (Wildman–Crippen MR) is 358 cm³/mol. The van der Waals surface area contributed by atoms with Crippen LogP contribution >= 0.6 is 15.6 Å². The normalized spacial score (nSPS) is 14.1. The molecule has 2 unspecified atom stereocenters. The Balaban J connectivity index is 5.04. The second-order valence-electron chi connectivity index (χ2n) is 26.2. The van der Waals surface area contributed by atoms with Gasteiger partial charge in [-0.3, -0.25) is 37.3 Å². The highest BCUT2D eigenvalue weighted by Gasteiger charge is 2.30. The molecule has 0 saturated heterocycles. The summed E-state index contributed by atoms with van der Waals surface area (Å²) in [7, 11) is -9.88. The van der Waals surface area contributed by atoms with Crippen LogP contribution < -0.4 is 0 Å². The zero-order chi connectivity index (χ0) is 65.7. The Morgan fingerprint density at radius 2 is 0.517 bits per heavy atom. The van der Waals surface area contributed by atoms with Crippen molar-refractivity contribution < 1.29 is 80.2 Å². The van der Waals surface area contributed by atoms with Crippen LogP contribution in [0.15, 0.2) is 0 Å². The van der Waals surface area contributed by atoms with E-state index in [9.17, 15) is 43.2 Å². The molecule has 0 heterocycles. The number of ether oxygens (including phenoxy) is 4. The van der Waals surface area contributed by atoms with E-state index < -0.39 is 97.5 Å². The molecule has 0 spiro atoms. The van der Waals surface area contributed by atoms with Crippen molar-refractivity contribution in [3.8, 4) is 0 Å². The lowest BCUT2D eigenvalue weighted by Crippen LogP contribution is -2.30. The third kappa shape index (κ3) is 64.6. The Kier molecular flexibility index (Phi) is 60.8. The van der Waals surface area contributed by atoms with E-state index in [1.165, 1.54) is 167 Å². The average Bonchev–Trinajstić information content (AvgIpc) is 3.67. The summed E-state index contributed by atoms with van der Waals surface area (Å²) in [4.78, 5) is 71.9. The standard InChI is InChI=1S/C70H136O17P2/c1-7-9-11-38-46-52-67(72)80-58-65(86-69(74)54-48-39-12-10-8-2)60-84-88(76,77)82-56-64(71)57-83-89(78,79)85-61-66(59-81-68(73)53-47-42-36-32-28-24-21-17-19-23-27-31-35-41-45-51-63(5)6)87-70(75)55-49-43-37-33-29-25-20-16-14-13-15-18-22-26-30-34-40-44-50-62(3)4/h62-66,71H,7-61H2,1-6H3,(H,76,77)(H,78,79)/t64-,65+,66+/m0/s1. The van der Waals surface area contributed by atoms with E-state index in [4.69, 9.17) is 37.0 Å². The average molecular weight is 1310 g/mol. The Morgan fingerprint density at radius 1 is 0.303 bits per heavy atom. The van der Waals surface area contributed by atoms with Crippen molar-refractivity contribution in [2.24, 2.45) is 11.8 Å². The maximum atomic E-state index is 13.0. The molecule has 0 rings (SSSR count). The smallest absolute Gasteiger partial charge is 0.462 e. The number of hydrogen-bond acceptors (Lipinski definition) is 15. The molecule has 19 heteroatoms. The number of phosphoric ester groups is 2. The van der Waals surface area contributed by atoms with Gasteiger partial charge in [-0.25, -0.2) is 9.13 Å². The highest BCUT2D eigenvalue weighted by atomic mass is 31.2. The van der Waals surface area contributed by atoms with Gasteiger partial charge < -0.3 is 33.8 Å². The molecule has 0 saturated carbocycles. The molecular formula is C70H136O17P2. The Labute approximate surface area is 543 Å². The molecule has 528 valence electrons. The molecule has 89 heavy (non-hydrogen) atoms. The van der Waals surface area contributed by atoms with Crippen LogP contribution in [0.25, 0.3) is 0 Å². The first-order valence-electron chi connectivity index (χ1n) is 36.5. The molecule has 3 N–H and O–H groups in total. The minimum absolute atomic E-state index is 0.0989. The summed E-state index contributed by atoms with van der Waals surface area (Å²) < 4.78 is 67.8. The Hall–Kier alpha value is -1.94. The van der Waals surface area contributed by atoms with E-state index in [1.807, 2.05) is 0 Å². The third-order valence-electron chi connectivity index (χ3n) is 16.2. The number of unbranched alkanes of at least 4 members (excludes halogenated alkanes) is 39. The van der Waals surface area contributed by atoms with Crippen LogP contribution in [0.3, 0.4) is 0 Å². The lowest BCUT2D eigenvalue weighted by atomic mass is 10.0. The Bertz CT molecular complexity index is 1730. The SMILES string of the molecule is CCCCCCCC(=O)OC[C@H](COP(=O)(O)OC[C@H](O)COP(=O)(O)OC[C@@H](COC(=O)CCCCCCCCCCCCCCCCCC(C)C)OC(=O)CCCCCCCCCCCCCCCCCCCCC(C)C)OC(=O)CCCCCCC. The number of aliphatic hydroxyl groups excluding tert-OH is 1. The molecule has 0 aliphatic rings. The number of hydrogen-bond donors (Lipinski definition) is 3. The molecule has 0 fully saturated rings. The molecule has 0 aromatic rings. The van der Waals surface area contributed by atoms with Crippen LogP contribution in [0.1, 0.15) is 356 Å². The zero-order valence-corrected chi connectivity index (χ0v) is 59.5. The number of carbonyl (C=O) groups excluding carboxylic acids is 4. The van der Waals surface area contributed by atoms with Crippen LogP contribution in [0.4, 0.5) is 0 Å². The van der Waals surface area contributed by atoms with Gasteiger partial charge in [0, 0.05) is 25.7 Å².